The van der Waals surface area contributed by atoms with Gasteiger partial charge in [0.25, 0.3) is 0 Å². The first kappa shape index (κ1) is 6.33. The predicted octanol–water partition coefficient (Wildman–Crippen LogP) is 0.828. The van der Waals surface area contributed by atoms with Crippen molar-refractivity contribution in [2.24, 2.45) is 11.7 Å². The first-order valence-corrected chi connectivity index (χ1v) is 3.12. The lowest BCUT2D eigenvalue weighted by atomic mass is 10.1. The van der Waals surface area contributed by atoms with Gasteiger partial charge in [0.15, 0.2) is 5.78 Å². The first-order valence-electron chi connectivity index (χ1n) is 3.12. The third-order valence-electron chi connectivity index (χ3n) is 1.87. The van der Waals surface area contributed by atoms with Crippen molar-refractivity contribution in [3.05, 3.63) is 11.3 Å². The molecule has 0 aromatic heterocycles. The molecule has 9 heavy (non-hydrogen) atoms. The van der Waals surface area contributed by atoms with Gasteiger partial charge in [-0.05, 0) is 6.92 Å². The highest BCUT2D eigenvalue weighted by atomic mass is 16.1. The predicted molar refractivity (Wildman–Crippen MR) is 35.7 cm³/mol. The Morgan fingerprint density at radius 1 is 1.67 bits per heavy atom. The minimum atomic E-state index is 0.208. The quantitative estimate of drug-likeness (QED) is 0.521. The molecule has 0 spiro atoms. The lowest BCUT2D eigenvalue weighted by Gasteiger charge is -1.98. The number of allylic oxidation sites excluding steroid dienone is 2. The normalized spacial score (nSPS) is 27.8. The van der Waals surface area contributed by atoms with Crippen molar-refractivity contribution in [3.63, 3.8) is 0 Å². The monoisotopic (exact) mass is 125 g/mol. The number of hydrogen-bond acceptors (Lipinski definition) is 2. The van der Waals surface area contributed by atoms with Gasteiger partial charge in [-0.25, -0.2) is 0 Å². The van der Waals surface area contributed by atoms with Gasteiger partial charge in [-0.1, -0.05) is 6.92 Å². The third-order valence-corrected chi connectivity index (χ3v) is 1.87. The summed E-state index contributed by atoms with van der Waals surface area (Å²) in [6, 6.07) is 0. The second-order valence-electron chi connectivity index (χ2n) is 2.61. The van der Waals surface area contributed by atoms with Crippen molar-refractivity contribution in [2.75, 3.05) is 0 Å². The van der Waals surface area contributed by atoms with E-state index in [0.717, 1.165) is 11.3 Å². The van der Waals surface area contributed by atoms with Crippen LogP contribution in [0.1, 0.15) is 20.3 Å². The molecule has 1 atom stereocenters. The summed E-state index contributed by atoms with van der Waals surface area (Å²) in [7, 11) is 0. The van der Waals surface area contributed by atoms with E-state index in [9.17, 15) is 4.79 Å². The Bertz CT molecular complexity index is 181. The van der Waals surface area contributed by atoms with Crippen LogP contribution in [0.25, 0.3) is 0 Å². The van der Waals surface area contributed by atoms with Crippen LogP contribution in [0.2, 0.25) is 0 Å². The van der Waals surface area contributed by atoms with Gasteiger partial charge >= 0.3 is 0 Å². The molecule has 1 unspecified atom stereocenters. The maximum absolute atomic E-state index is 10.9. The number of carbonyl (C=O) groups excluding carboxylic acids is 1. The summed E-state index contributed by atoms with van der Waals surface area (Å²) in [5.41, 5.74) is 7.11. The van der Waals surface area contributed by atoms with E-state index in [1.54, 1.807) is 6.92 Å². The zero-order valence-electron chi connectivity index (χ0n) is 5.77. The van der Waals surface area contributed by atoms with Crippen LogP contribution in [-0.2, 0) is 4.79 Å². The van der Waals surface area contributed by atoms with Crippen molar-refractivity contribution in [2.45, 2.75) is 20.3 Å². The van der Waals surface area contributed by atoms with Crippen molar-refractivity contribution in [3.8, 4) is 0 Å². The average Bonchev–Trinajstić information content (AvgIpc) is 1.98. The molecule has 1 rings (SSSR count). The SMILES string of the molecule is CC1=C(N)C(C)CC1=O. The number of hydrogen-bond donors (Lipinski definition) is 1. The van der Waals surface area contributed by atoms with Crippen LogP contribution in [0, 0.1) is 5.92 Å². The minimum Gasteiger partial charge on any atom is -0.401 e. The summed E-state index contributed by atoms with van der Waals surface area (Å²) < 4.78 is 0. The molecule has 0 aliphatic heterocycles. The smallest absolute Gasteiger partial charge is 0.160 e. The molecule has 0 radical (unpaired) electrons. The molecule has 0 bridgehead atoms. The van der Waals surface area contributed by atoms with Crippen LogP contribution in [0.3, 0.4) is 0 Å². The molecule has 2 N–H and O–H groups in total. The molecular formula is C7H11NO. The fraction of sp³-hybridized carbons (Fsp3) is 0.571. The van der Waals surface area contributed by atoms with Crippen LogP contribution in [0.4, 0.5) is 0 Å². The van der Waals surface area contributed by atoms with Crippen LogP contribution in [0.15, 0.2) is 11.3 Å². The highest BCUT2D eigenvalue weighted by molar-refractivity contribution is 5.98. The van der Waals surface area contributed by atoms with Gasteiger partial charge in [0, 0.05) is 23.6 Å². The molecule has 2 nitrogen and oxygen atoms in total. The lowest BCUT2D eigenvalue weighted by molar-refractivity contribution is -0.115. The van der Waals surface area contributed by atoms with Gasteiger partial charge in [0.2, 0.25) is 0 Å². The van der Waals surface area contributed by atoms with Gasteiger partial charge in [-0.3, -0.25) is 4.79 Å². The van der Waals surface area contributed by atoms with Crippen molar-refractivity contribution in [1.29, 1.82) is 0 Å². The molecule has 0 saturated heterocycles. The van der Waals surface area contributed by atoms with Gasteiger partial charge in [-0.15, -0.1) is 0 Å². The maximum atomic E-state index is 10.9. The van der Waals surface area contributed by atoms with E-state index in [1.807, 2.05) is 6.92 Å². The summed E-state index contributed by atoms with van der Waals surface area (Å²) in [5.74, 6) is 0.484. The van der Waals surface area contributed by atoms with Crippen molar-refractivity contribution in [1.82, 2.24) is 0 Å². The second-order valence-corrected chi connectivity index (χ2v) is 2.61. The molecule has 0 aromatic carbocycles. The molecule has 1 aliphatic rings. The van der Waals surface area contributed by atoms with Crippen LogP contribution in [-0.4, -0.2) is 5.78 Å². The summed E-state index contributed by atoms with van der Waals surface area (Å²) in [4.78, 5) is 10.9. The molecule has 0 saturated carbocycles. The van der Waals surface area contributed by atoms with E-state index in [0.29, 0.717) is 6.42 Å². The van der Waals surface area contributed by atoms with E-state index in [-0.39, 0.29) is 11.7 Å². The Kier molecular flexibility index (Phi) is 1.31. The van der Waals surface area contributed by atoms with Gasteiger partial charge in [0.05, 0.1) is 0 Å². The zero-order chi connectivity index (χ0) is 7.02. The third kappa shape index (κ3) is 0.846. The van der Waals surface area contributed by atoms with Gasteiger partial charge in [0.1, 0.15) is 0 Å². The molecule has 50 valence electrons. The summed E-state index contributed by atoms with van der Waals surface area (Å²) in [5, 5.41) is 0. The summed E-state index contributed by atoms with van der Waals surface area (Å²) in [6.45, 7) is 3.77. The Balaban J connectivity index is 2.92. The topological polar surface area (TPSA) is 43.1 Å². The van der Waals surface area contributed by atoms with Gasteiger partial charge in [-0.2, -0.15) is 0 Å². The molecule has 0 aromatic rings. The van der Waals surface area contributed by atoms with E-state index in [4.69, 9.17) is 5.73 Å². The van der Waals surface area contributed by atoms with E-state index >= 15 is 0 Å². The standard InChI is InChI=1S/C7H11NO/c1-4-3-6(9)5(2)7(4)8/h4H,3,8H2,1-2H3. The number of Topliss-reactive ketones (excluding diaryl/α,β-unsaturated/α-hetero) is 1. The summed E-state index contributed by atoms with van der Waals surface area (Å²) >= 11 is 0. The Hall–Kier alpha value is -0.790. The lowest BCUT2D eigenvalue weighted by Crippen LogP contribution is -2.03. The Morgan fingerprint density at radius 2 is 2.22 bits per heavy atom. The van der Waals surface area contributed by atoms with Gasteiger partial charge < -0.3 is 5.73 Å². The Labute approximate surface area is 54.7 Å². The summed E-state index contributed by atoms with van der Waals surface area (Å²) in [6.07, 6.45) is 0.609. The van der Waals surface area contributed by atoms with Crippen LogP contribution >= 0.6 is 0 Å². The highest BCUT2D eigenvalue weighted by Crippen LogP contribution is 2.23. The Morgan fingerprint density at radius 3 is 2.33 bits per heavy atom. The zero-order valence-corrected chi connectivity index (χ0v) is 5.77. The van der Waals surface area contributed by atoms with E-state index < -0.39 is 0 Å². The maximum Gasteiger partial charge on any atom is 0.160 e. The van der Waals surface area contributed by atoms with Crippen molar-refractivity contribution < 1.29 is 4.79 Å². The van der Waals surface area contributed by atoms with Crippen molar-refractivity contribution >= 4 is 5.78 Å². The fourth-order valence-corrected chi connectivity index (χ4v) is 1.07. The largest absolute Gasteiger partial charge is 0.401 e. The second kappa shape index (κ2) is 1.87. The van der Waals surface area contributed by atoms with E-state index in [1.165, 1.54) is 0 Å². The van der Waals surface area contributed by atoms with Crippen LogP contribution < -0.4 is 5.73 Å². The van der Waals surface area contributed by atoms with E-state index in [2.05, 4.69) is 0 Å². The molecule has 0 amide bonds. The average molecular weight is 125 g/mol. The molecular weight excluding hydrogens is 114 g/mol. The molecule has 0 fully saturated rings. The number of nitrogens with two attached hydrogens (primary N) is 1. The minimum absolute atomic E-state index is 0.208. The fourth-order valence-electron chi connectivity index (χ4n) is 1.07. The number of rotatable bonds is 0. The number of carbonyl (C=O) groups is 1. The van der Waals surface area contributed by atoms with Crippen LogP contribution in [0.5, 0.6) is 0 Å². The number of ketones is 1. The molecule has 0 heterocycles. The highest BCUT2D eigenvalue weighted by Gasteiger charge is 2.23. The molecule has 2 heteroatoms. The first-order chi connectivity index (χ1) is 4.13. The molecule has 1 aliphatic carbocycles.